The molecule has 1 saturated carbocycles. The summed E-state index contributed by atoms with van der Waals surface area (Å²) in [6.45, 7) is 3.46. The Bertz CT molecular complexity index is 318. The molecule has 2 amide bonds. The van der Waals surface area contributed by atoms with Crippen molar-refractivity contribution in [1.82, 2.24) is 10.6 Å². The van der Waals surface area contributed by atoms with Gasteiger partial charge in [0.1, 0.15) is 0 Å². The normalized spacial score (nSPS) is 23.9. The van der Waals surface area contributed by atoms with Crippen LogP contribution in [0.4, 0.5) is 4.79 Å². The van der Waals surface area contributed by atoms with Crippen molar-refractivity contribution in [3.63, 3.8) is 0 Å². The fraction of sp³-hybridized carbons (Fsp3) is 0.857. The quantitative estimate of drug-likeness (QED) is 0.673. The molecule has 116 valence electrons. The molecule has 0 bridgehead atoms. The van der Waals surface area contributed by atoms with Crippen molar-refractivity contribution in [2.24, 2.45) is 17.8 Å². The minimum absolute atomic E-state index is 0.113. The zero-order valence-electron chi connectivity index (χ0n) is 12.4. The smallest absolute Gasteiger partial charge is 0.314 e. The van der Waals surface area contributed by atoms with E-state index in [2.05, 4.69) is 23.8 Å². The first-order valence-corrected chi connectivity index (χ1v) is 8.65. The minimum atomic E-state index is -0.683. The van der Waals surface area contributed by atoms with Gasteiger partial charge in [-0.25, -0.2) is 4.79 Å². The molecule has 5 nitrogen and oxygen atoms in total. The van der Waals surface area contributed by atoms with Crippen LogP contribution in [0.3, 0.4) is 0 Å². The van der Waals surface area contributed by atoms with Gasteiger partial charge in [-0.05, 0) is 49.5 Å². The summed E-state index contributed by atoms with van der Waals surface area (Å²) >= 11 is 1.78. The fourth-order valence-corrected chi connectivity index (χ4v) is 3.21. The summed E-state index contributed by atoms with van der Waals surface area (Å²) in [6, 6.07) is -0.113. The van der Waals surface area contributed by atoms with E-state index in [0.29, 0.717) is 24.9 Å². The van der Waals surface area contributed by atoms with Gasteiger partial charge in [-0.15, -0.1) is 0 Å². The third kappa shape index (κ3) is 6.50. The van der Waals surface area contributed by atoms with Crippen LogP contribution in [0.5, 0.6) is 0 Å². The third-order valence-electron chi connectivity index (χ3n) is 3.81. The second-order valence-corrected chi connectivity index (χ2v) is 6.62. The standard InChI is InChI=1S/C14H26N2O3S/c1-10(9-20-2)7-15-14(19)16-8-11-3-5-12(6-4-11)13(17)18/h10-12H,3-9H2,1-2H3,(H,17,18)(H2,15,16,19). The summed E-state index contributed by atoms with van der Waals surface area (Å²) in [7, 11) is 0. The molecule has 20 heavy (non-hydrogen) atoms. The van der Waals surface area contributed by atoms with Gasteiger partial charge in [0, 0.05) is 13.1 Å². The summed E-state index contributed by atoms with van der Waals surface area (Å²) in [6.07, 6.45) is 5.30. The van der Waals surface area contributed by atoms with E-state index >= 15 is 0 Å². The topological polar surface area (TPSA) is 78.4 Å². The lowest BCUT2D eigenvalue weighted by Crippen LogP contribution is -2.41. The van der Waals surface area contributed by atoms with Crippen LogP contribution in [-0.4, -0.2) is 42.2 Å². The van der Waals surface area contributed by atoms with Crippen LogP contribution in [0.25, 0.3) is 0 Å². The Hall–Kier alpha value is -0.910. The van der Waals surface area contributed by atoms with Crippen molar-refractivity contribution < 1.29 is 14.7 Å². The summed E-state index contributed by atoms with van der Waals surface area (Å²) in [5.41, 5.74) is 0. The predicted octanol–water partition coefficient (Wildman–Crippen LogP) is 2.18. The Morgan fingerprint density at radius 1 is 1.25 bits per heavy atom. The van der Waals surface area contributed by atoms with Crippen molar-refractivity contribution in [3.8, 4) is 0 Å². The Morgan fingerprint density at radius 2 is 1.90 bits per heavy atom. The molecule has 0 aromatic heterocycles. The van der Waals surface area contributed by atoms with Crippen LogP contribution in [0, 0.1) is 17.8 Å². The maximum absolute atomic E-state index is 11.6. The van der Waals surface area contributed by atoms with E-state index < -0.39 is 5.97 Å². The summed E-state index contributed by atoms with van der Waals surface area (Å²) in [4.78, 5) is 22.5. The van der Waals surface area contributed by atoms with Gasteiger partial charge in [0.05, 0.1) is 5.92 Å². The van der Waals surface area contributed by atoms with Gasteiger partial charge in [0.25, 0.3) is 0 Å². The average molecular weight is 302 g/mol. The maximum Gasteiger partial charge on any atom is 0.314 e. The lowest BCUT2D eigenvalue weighted by molar-refractivity contribution is -0.143. The number of hydrogen-bond donors (Lipinski definition) is 3. The zero-order chi connectivity index (χ0) is 15.0. The van der Waals surface area contributed by atoms with Crippen LogP contribution in [0.1, 0.15) is 32.6 Å². The Balaban J connectivity index is 2.11. The number of carboxylic acids is 1. The minimum Gasteiger partial charge on any atom is -0.481 e. The first kappa shape index (κ1) is 17.1. The number of carboxylic acid groups (broad SMARTS) is 1. The SMILES string of the molecule is CSCC(C)CNC(=O)NCC1CCC(C(=O)O)CC1. The molecular weight excluding hydrogens is 276 g/mol. The molecule has 1 atom stereocenters. The van der Waals surface area contributed by atoms with Gasteiger partial charge in [-0.2, -0.15) is 11.8 Å². The van der Waals surface area contributed by atoms with Crippen LogP contribution < -0.4 is 10.6 Å². The van der Waals surface area contributed by atoms with Crippen LogP contribution in [0.15, 0.2) is 0 Å². The van der Waals surface area contributed by atoms with Gasteiger partial charge in [-0.1, -0.05) is 6.92 Å². The van der Waals surface area contributed by atoms with E-state index in [0.717, 1.165) is 31.4 Å². The summed E-state index contributed by atoms with van der Waals surface area (Å²) < 4.78 is 0. The van der Waals surface area contributed by atoms with E-state index in [1.54, 1.807) is 11.8 Å². The molecule has 0 radical (unpaired) electrons. The van der Waals surface area contributed by atoms with Crippen molar-refractivity contribution in [1.29, 1.82) is 0 Å². The Morgan fingerprint density at radius 3 is 2.45 bits per heavy atom. The van der Waals surface area contributed by atoms with Crippen molar-refractivity contribution in [3.05, 3.63) is 0 Å². The molecule has 6 heteroatoms. The van der Waals surface area contributed by atoms with Gasteiger partial charge in [0.2, 0.25) is 0 Å². The van der Waals surface area contributed by atoms with E-state index in [4.69, 9.17) is 5.11 Å². The number of carbonyl (C=O) groups excluding carboxylic acids is 1. The molecule has 0 heterocycles. The van der Waals surface area contributed by atoms with Gasteiger partial charge < -0.3 is 15.7 Å². The molecule has 0 aliphatic heterocycles. The first-order chi connectivity index (χ1) is 9.52. The number of carbonyl (C=O) groups is 2. The van der Waals surface area contributed by atoms with E-state index in [1.165, 1.54) is 0 Å². The number of urea groups is 1. The molecule has 0 saturated heterocycles. The fourth-order valence-electron chi connectivity index (χ4n) is 2.52. The molecule has 1 aliphatic rings. The number of nitrogens with one attached hydrogen (secondary N) is 2. The number of hydrogen-bond acceptors (Lipinski definition) is 3. The molecule has 3 N–H and O–H groups in total. The van der Waals surface area contributed by atoms with Gasteiger partial charge in [-0.3, -0.25) is 4.79 Å². The number of thioether (sulfide) groups is 1. The molecular formula is C14H26N2O3S. The summed E-state index contributed by atoms with van der Waals surface area (Å²) in [5.74, 6) is 1.06. The molecule has 0 aromatic carbocycles. The van der Waals surface area contributed by atoms with E-state index in [-0.39, 0.29) is 11.9 Å². The van der Waals surface area contributed by atoms with Crippen molar-refractivity contribution in [2.75, 3.05) is 25.1 Å². The number of aliphatic carboxylic acids is 1. The van der Waals surface area contributed by atoms with Crippen molar-refractivity contribution in [2.45, 2.75) is 32.6 Å². The van der Waals surface area contributed by atoms with Gasteiger partial charge >= 0.3 is 12.0 Å². The second-order valence-electron chi connectivity index (χ2n) is 5.71. The third-order valence-corrected chi connectivity index (χ3v) is 4.71. The average Bonchev–Trinajstić information content (AvgIpc) is 2.43. The highest BCUT2D eigenvalue weighted by molar-refractivity contribution is 7.98. The molecule has 0 aromatic rings. The molecule has 1 aliphatic carbocycles. The molecule has 0 spiro atoms. The molecule has 1 rings (SSSR count). The van der Waals surface area contributed by atoms with E-state index in [1.807, 2.05) is 0 Å². The lowest BCUT2D eigenvalue weighted by Gasteiger charge is -2.26. The van der Waals surface area contributed by atoms with E-state index in [9.17, 15) is 9.59 Å². The Labute approximate surface area is 125 Å². The largest absolute Gasteiger partial charge is 0.481 e. The van der Waals surface area contributed by atoms with Crippen LogP contribution in [-0.2, 0) is 4.79 Å². The van der Waals surface area contributed by atoms with Gasteiger partial charge in [0.15, 0.2) is 0 Å². The highest BCUT2D eigenvalue weighted by Gasteiger charge is 2.25. The monoisotopic (exact) mass is 302 g/mol. The predicted molar refractivity (Wildman–Crippen MR) is 82.0 cm³/mol. The highest BCUT2D eigenvalue weighted by atomic mass is 32.2. The number of amides is 2. The molecule has 1 unspecified atom stereocenters. The van der Waals surface area contributed by atoms with Crippen LogP contribution in [0.2, 0.25) is 0 Å². The molecule has 1 fully saturated rings. The lowest BCUT2D eigenvalue weighted by atomic mass is 9.82. The Kier molecular flexibility index (Phi) is 7.80. The summed E-state index contributed by atoms with van der Waals surface area (Å²) in [5, 5.41) is 14.7. The van der Waals surface area contributed by atoms with Crippen molar-refractivity contribution >= 4 is 23.8 Å². The van der Waals surface area contributed by atoms with Crippen LogP contribution >= 0.6 is 11.8 Å². The second kappa shape index (κ2) is 9.10. The number of rotatable bonds is 7. The highest BCUT2D eigenvalue weighted by Crippen LogP contribution is 2.28. The maximum atomic E-state index is 11.6. The first-order valence-electron chi connectivity index (χ1n) is 7.26. The zero-order valence-corrected chi connectivity index (χ0v) is 13.2.